The lowest BCUT2D eigenvalue weighted by Crippen LogP contribution is -2.30. The van der Waals surface area contributed by atoms with E-state index in [0.717, 1.165) is 29.4 Å². The summed E-state index contributed by atoms with van der Waals surface area (Å²) in [4.78, 5) is 22.4. The molecule has 0 saturated carbocycles. The molecule has 0 unspecified atom stereocenters. The molecule has 0 aliphatic rings. The van der Waals surface area contributed by atoms with Crippen LogP contribution in [0.1, 0.15) is 26.0 Å². The van der Waals surface area contributed by atoms with E-state index in [0.29, 0.717) is 12.8 Å². The maximum atomic E-state index is 11.9. The Bertz CT molecular complexity index is 549. The molecule has 2 rings (SSSR count). The first-order valence-corrected chi connectivity index (χ1v) is 7.75. The van der Waals surface area contributed by atoms with Crippen molar-refractivity contribution in [2.45, 2.75) is 26.7 Å². The van der Waals surface area contributed by atoms with E-state index in [1.165, 1.54) is 0 Å². The maximum Gasteiger partial charge on any atom is 0.222 e. The van der Waals surface area contributed by atoms with E-state index in [1.807, 2.05) is 36.3 Å². The minimum atomic E-state index is 0.202. The van der Waals surface area contributed by atoms with Crippen LogP contribution in [0.2, 0.25) is 0 Å². The van der Waals surface area contributed by atoms with Gasteiger partial charge in [0.2, 0.25) is 5.91 Å². The highest BCUT2D eigenvalue weighted by atomic mass is 32.1. The molecule has 0 radical (unpaired) electrons. The molecule has 2 aromatic rings. The normalized spacial score (nSPS) is 10.5. The molecule has 0 aromatic carbocycles. The Morgan fingerprint density at radius 1 is 1.25 bits per heavy atom. The first-order valence-electron chi connectivity index (χ1n) is 6.87. The van der Waals surface area contributed by atoms with E-state index in [1.54, 1.807) is 23.7 Å². The van der Waals surface area contributed by atoms with Crippen LogP contribution in [0.3, 0.4) is 0 Å². The van der Waals surface area contributed by atoms with Crippen LogP contribution in [0.15, 0.2) is 29.9 Å². The summed E-state index contributed by atoms with van der Waals surface area (Å²) in [5.41, 5.74) is 2.06. The molecule has 1 amide bonds. The molecular formula is C15H19N3OS. The number of hydrogen-bond donors (Lipinski definition) is 0. The van der Waals surface area contributed by atoms with Crippen LogP contribution in [-0.4, -0.2) is 33.9 Å². The largest absolute Gasteiger partial charge is 0.343 e. The fourth-order valence-corrected chi connectivity index (χ4v) is 2.88. The van der Waals surface area contributed by atoms with Gasteiger partial charge in [0.15, 0.2) is 0 Å². The van der Waals surface area contributed by atoms with Gasteiger partial charge in [-0.05, 0) is 32.4 Å². The molecule has 0 N–H and O–H groups in total. The summed E-state index contributed by atoms with van der Waals surface area (Å²) in [7, 11) is 0. The van der Waals surface area contributed by atoms with E-state index in [4.69, 9.17) is 0 Å². The molecule has 0 atom stereocenters. The van der Waals surface area contributed by atoms with E-state index in [-0.39, 0.29) is 5.91 Å². The Balaban J connectivity index is 1.95. The van der Waals surface area contributed by atoms with Crippen molar-refractivity contribution in [3.63, 3.8) is 0 Å². The maximum absolute atomic E-state index is 11.9. The Morgan fingerprint density at radius 2 is 1.95 bits per heavy atom. The van der Waals surface area contributed by atoms with Gasteiger partial charge in [0.1, 0.15) is 5.01 Å². The summed E-state index contributed by atoms with van der Waals surface area (Å²) in [6, 6.07) is 3.90. The predicted molar refractivity (Wildman–Crippen MR) is 81.6 cm³/mol. The molecule has 0 fully saturated rings. The van der Waals surface area contributed by atoms with Gasteiger partial charge in [-0.2, -0.15) is 0 Å². The van der Waals surface area contributed by atoms with Crippen molar-refractivity contribution in [2.75, 3.05) is 13.1 Å². The average Bonchev–Trinajstić information content (AvgIpc) is 2.96. The zero-order valence-electron chi connectivity index (χ0n) is 11.9. The van der Waals surface area contributed by atoms with Crippen molar-refractivity contribution in [3.8, 4) is 10.6 Å². The number of hydrogen-bond acceptors (Lipinski definition) is 4. The summed E-state index contributed by atoms with van der Waals surface area (Å²) >= 11 is 1.61. The van der Waals surface area contributed by atoms with Crippen molar-refractivity contribution in [3.05, 3.63) is 35.6 Å². The van der Waals surface area contributed by atoms with Gasteiger partial charge in [-0.3, -0.25) is 9.78 Å². The number of nitrogens with zero attached hydrogens (tertiary/aromatic N) is 3. The third kappa shape index (κ3) is 3.63. The van der Waals surface area contributed by atoms with Crippen LogP contribution in [0.25, 0.3) is 10.6 Å². The van der Waals surface area contributed by atoms with Crippen molar-refractivity contribution >= 4 is 17.2 Å². The summed E-state index contributed by atoms with van der Waals surface area (Å²) in [6.07, 6.45) is 4.76. The molecule has 5 heteroatoms. The summed E-state index contributed by atoms with van der Waals surface area (Å²) in [5, 5.41) is 3.02. The van der Waals surface area contributed by atoms with Gasteiger partial charge >= 0.3 is 0 Å². The second-order valence-electron chi connectivity index (χ2n) is 4.45. The molecule has 106 valence electrons. The number of amides is 1. The number of carbonyl (C=O) groups excluding carboxylic acids is 1. The van der Waals surface area contributed by atoms with E-state index < -0.39 is 0 Å². The molecule has 0 spiro atoms. The molecule has 0 aliphatic carbocycles. The van der Waals surface area contributed by atoms with Gasteiger partial charge in [-0.1, -0.05) is 0 Å². The van der Waals surface area contributed by atoms with Gasteiger partial charge in [0.25, 0.3) is 0 Å². The van der Waals surface area contributed by atoms with Crippen molar-refractivity contribution in [2.24, 2.45) is 0 Å². The zero-order chi connectivity index (χ0) is 14.4. The highest BCUT2D eigenvalue weighted by Crippen LogP contribution is 2.23. The number of thiazole rings is 1. The fraction of sp³-hybridized carbons (Fsp3) is 0.400. The lowest BCUT2D eigenvalue weighted by molar-refractivity contribution is -0.130. The number of carbonyl (C=O) groups is 1. The lowest BCUT2D eigenvalue weighted by Gasteiger charge is -2.17. The van der Waals surface area contributed by atoms with Crippen LogP contribution in [-0.2, 0) is 11.2 Å². The first-order chi connectivity index (χ1) is 9.74. The molecule has 4 nitrogen and oxygen atoms in total. The predicted octanol–water partition coefficient (Wildman–Crippen LogP) is 3.01. The highest BCUT2D eigenvalue weighted by Gasteiger charge is 2.11. The Labute approximate surface area is 123 Å². The SMILES string of the molecule is CCN(CC)C(=O)CCc1csc(-c2ccncc2)n1. The number of aryl methyl sites for hydroxylation is 1. The number of rotatable bonds is 6. The Hall–Kier alpha value is -1.75. The summed E-state index contributed by atoms with van der Waals surface area (Å²) < 4.78 is 0. The van der Waals surface area contributed by atoms with Crippen molar-refractivity contribution < 1.29 is 4.79 Å². The molecule has 0 bridgehead atoms. The van der Waals surface area contributed by atoms with Gasteiger partial charge in [0.05, 0.1) is 5.69 Å². The number of aromatic nitrogens is 2. The van der Waals surface area contributed by atoms with Crippen molar-refractivity contribution in [1.29, 1.82) is 0 Å². The van der Waals surface area contributed by atoms with Crippen LogP contribution >= 0.6 is 11.3 Å². The average molecular weight is 289 g/mol. The van der Waals surface area contributed by atoms with Gasteiger partial charge in [-0.25, -0.2) is 4.98 Å². The van der Waals surface area contributed by atoms with Crippen LogP contribution < -0.4 is 0 Å². The van der Waals surface area contributed by atoms with E-state index >= 15 is 0 Å². The summed E-state index contributed by atoms with van der Waals surface area (Å²) in [5.74, 6) is 0.202. The minimum absolute atomic E-state index is 0.202. The van der Waals surface area contributed by atoms with Gasteiger partial charge in [-0.15, -0.1) is 11.3 Å². The van der Waals surface area contributed by atoms with Crippen LogP contribution in [0.5, 0.6) is 0 Å². The summed E-state index contributed by atoms with van der Waals surface area (Å²) in [6.45, 7) is 5.56. The third-order valence-electron chi connectivity index (χ3n) is 3.19. The molecular weight excluding hydrogens is 270 g/mol. The second-order valence-corrected chi connectivity index (χ2v) is 5.30. The third-order valence-corrected chi connectivity index (χ3v) is 4.13. The Morgan fingerprint density at radius 3 is 2.60 bits per heavy atom. The minimum Gasteiger partial charge on any atom is -0.343 e. The Kier molecular flexibility index (Phi) is 5.24. The fourth-order valence-electron chi connectivity index (χ4n) is 2.02. The smallest absolute Gasteiger partial charge is 0.222 e. The zero-order valence-corrected chi connectivity index (χ0v) is 12.7. The molecule has 0 saturated heterocycles. The molecule has 20 heavy (non-hydrogen) atoms. The van der Waals surface area contributed by atoms with E-state index in [9.17, 15) is 4.79 Å². The second kappa shape index (κ2) is 7.14. The lowest BCUT2D eigenvalue weighted by atomic mass is 10.2. The topological polar surface area (TPSA) is 46.1 Å². The van der Waals surface area contributed by atoms with Crippen LogP contribution in [0, 0.1) is 0 Å². The van der Waals surface area contributed by atoms with Gasteiger partial charge < -0.3 is 4.90 Å². The molecule has 0 aliphatic heterocycles. The molecule has 2 aromatic heterocycles. The van der Waals surface area contributed by atoms with Crippen LogP contribution in [0.4, 0.5) is 0 Å². The van der Waals surface area contributed by atoms with E-state index in [2.05, 4.69) is 9.97 Å². The molecule has 2 heterocycles. The first kappa shape index (κ1) is 14.7. The highest BCUT2D eigenvalue weighted by molar-refractivity contribution is 7.13. The quantitative estimate of drug-likeness (QED) is 0.821. The van der Waals surface area contributed by atoms with Crippen molar-refractivity contribution in [1.82, 2.24) is 14.9 Å². The monoisotopic (exact) mass is 289 g/mol. The standard InChI is InChI=1S/C15H19N3OS/c1-3-18(4-2)14(19)6-5-13-11-20-15(17-13)12-7-9-16-10-8-12/h7-11H,3-6H2,1-2H3. The van der Waals surface area contributed by atoms with Gasteiger partial charge in [0, 0.05) is 42.8 Å². The number of pyridine rings is 1.